The third-order valence-corrected chi connectivity index (χ3v) is 3.40. The Bertz CT molecular complexity index is 409. The first-order chi connectivity index (χ1) is 7.95. The van der Waals surface area contributed by atoms with Crippen LogP contribution in [-0.4, -0.2) is 12.5 Å². The summed E-state index contributed by atoms with van der Waals surface area (Å²) >= 11 is 9.34. The highest BCUT2D eigenvalue weighted by Gasteiger charge is 2.21. The van der Waals surface area contributed by atoms with Crippen molar-refractivity contribution in [2.45, 2.75) is 13.8 Å². The lowest BCUT2D eigenvalue weighted by Gasteiger charge is -2.18. The zero-order chi connectivity index (χ0) is 13.0. The number of nitrogens with two attached hydrogens (primary N) is 1. The zero-order valence-corrected chi connectivity index (χ0v) is 12.2. The number of hydrogen-bond acceptors (Lipinski definition) is 2. The van der Waals surface area contributed by atoms with E-state index in [-0.39, 0.29) is 17.7 Å². The smallest absolute Gasteiger partial charge is 0.229 e. The van der Waals surface area contributed by atoms with Gasteiger partial charge in [-0.25, -0.2) is 0 Å². The van der Waals surface area contributed by atoms with Gasteiger partial charge in [0.2, 0.25) is 5.91 Å². The van der Waals surface area contributed by atoms with Gasteiger partial charge in [-0.05, 0) is 24.1 Å². The average Bonchev–Trinajstić information content (AvgIpc) is 2.24. The van der Waals surface area contributed by atoms with E-state index in [2.05, 4.69) is 21.2 Å². The summed E-state index contributed by atoms with van der Waals surface area (Å²) in [6, 6.07) is 5.32. The van der Waals surface area contributed by atoms with Crippen molar-refractivity contribution < 1.29 is 4.79 Å². The lowest BCUT2D eigenvalue weighted by atomic mass is 9.95. The second kappa shape index (κ2) is 6.38. The molecule has 1 aromatic rings. The quantitative estimate of drug-likeness (QED) is 0.895. The molecule has 1 rings (SSSR count). The minimum absolute atomic E-state index is 0.0949. The summed E-state index contributed by atoms with van der Waals surface area (Å²) in [6.07, 6.45) is 0. The maximum Gasteiger partial charge on any atom is 0.229 e. The van der Waals surface area contributed by atoms with Crippen molar-refractivity contribution in [3.8, 4) is 0 Å². The van der Waals surface area contributed by atoms with E-state index in [0.717, 1.165) is 4.47 Å². The number of hydrogen-bond donors (Lipinski definition) is 2. The van der Waals surface area contributed by atoms with Crippen LogP contribution in [0.25, 0.3) is 0 Å². The van der Waals surface area contributed by atoms with E-state index >= 15 is 0 Å². The molecule has 0 bridgehead atoms. The van der Waals surface area contributed by atoms with Gasteiger partial charge in [0.05, 0.1) is 16.6 Å². The molecular formula is C12H16BrClN2O. The zero-order valence-electron chi connectivity index (χ0n) is 9.84. The third kappa shape index (κ3) is 3.98. The number of carbonyl (C=O) groups is 1. The van der Waals surface area contributed by atoms with E-state index in [9.17, 15) is 4.79 Å². The van der Waals surface area contributed by atoms with Crippen LogP contribution >= 0.6 is 27.5 Å². The number of anilines is 1. The summed E-state index contributed by atoms with van der Waals surface area (Å²) in [5.74, 6) is -0.0986. The van der Waals surface area contributed by atoms with E-state index in [1.807, 2.05) is 19.9 Å². The number of halogens is 2. The maximum absolute atomic E-state index is 12.0. The highest BCUT2D eigenvalue weighted by atomic mass is 79.9. The number of carbonyl (C=O) groups excluding carboxylic acids is 1. The van der Waals surface area contributed by atoms with E-state index in [1.54, 1.807) is 12.1 Å². The summed E-state index contributed by atoms with van der Waals surface area (Å²) in [7, 11) is 0. The molecule has 5 heteroatoms. The molecule has 0 aromatic heterocycles. The van der Waals surface area contributed by atoms with Gasteiger partial charge in [-0.3, -0.25) is 4.79 Å². The predicted molar refractivity (Wildman–Crippen MR) is 75.2 cm³/mol. The molecule has 0 fully saturated rings. The van der Waals surface area contributed by atoms with E-state index in [4.69, 9.17) is 17.3 Å². The summed E-state index contributed by atoms with van der Waals surface area (Å²) in [4.78, 5) is 12.0. The Morgan fingerprint density at radius 2 is 2.18 bits per heavy atom. The number of benzene rings is 1. The Hall–Kier alpha value is -0.580. The Balaban J connectivity index is 2.83. The number of nitrogens with one attached hydrogen (secondary N) is 1. The van der Waals surface area contributed by atoms with Gasteiger partial charge >= 0.3 is 0 Å². The Labute approximate surface area is 115 Å². The second-order valence-corrected chi connectivity index (χ2v) is 5.52. The number of amides is 1. The van der Waals surface area contributed by atoms with Crippen LogP contribution < -0.4 is 11.1 Å². The topological polar surface area (TPSA) is 55.1 Å². The molecular weight excluding hydrogens is 304 g/mol. The van der Waals surface area contributed by atoms with Crippen molar-refractivity contribution in [1.29, 1.82) is 0 Å². The molecule has 0 radical (unpaired) electrons. The van der Waals surface area contributed by atoms with Gasteiger partial charge in [0.15, 0.2) is 0 Å². The van der Waals surface area contributed by atoms with Gasteiger partial charge in [0, 0.05) is 11.0 Å². The molecule has 0 saturated heterocycles. The van der Waals surface area contributed by atoms with Gasteiger partial charge < -0.3 is 11.1 Å². The van der Waals surface area contributed by atoms with Gasteiger partial charge in [-0.1, -0.05) is 41.4 Å². The van der Waals surface area contributed by atoms with Crippen LogP contribution in [0.4, 0.5) is 5.69 Å². The highest BCUT2D eigenvalue weighted by Crippen LogP contribution is 2.26. The molecule has 0 aliphatic carbocycles. The van der Waals surface area contributed by atoms with Crippen LogP contribution in [0.15, 0.2) is 22.7 Å². The first-order valence-corrected chi connectivity index (χ1v) is 6.58. The first kappa shape index (κ1) is 14.5. The Kier molecular flexibility index (Phi) is 5.43. The fourth-order valence-corrected chi connectivity index (χ4v) is 2.03. The molecule has 1 atom stereocenters. The molecule has 1 aromatic carbocycles. The second-order valence-electron chi connectivity index (χ2n) is 4.20. The van der Waals surface area contributed by atoms with Crippen molar-refractivity contribution in [3.63, 3.8) is 0 Å². The molecule has 3 nitrogen and oxygen atoms in total. The van der Waals surface area contributed by atoms with Crippen LogP contribution in [0.5, 0.6) is 0 Å². The van der Waals surface area contributed by atoms with Gasteiger partial charge in [0.1, 0.15) is 0 Å². The van der Waals surface area contributed by atoms with Crippen molar-refractivity contribution in [1.82, 2.24) is 0 Å². The van der Waals surface area contributed by atoms with Crippen molar-refractivity contribution in [3.05, 3.63) is 27.7 Å². The minimum atomic E-state index is -0.204. The summed E-state index contributed by atoms with van der Waals surface area (Å²) < 4.78 is 0.867. The Morgan fingerprint density at radius 1 is 1.53 bits per heavy atom. The summed E-state index contributed by atoms with van der Waals surface area (Å²) in [6.45, 7) is 4.27. The van der Waals surface area contributed by atoms with Crippen LogP contribution in [0.3, 0.4) is 0 Å². The van der Waals surface area contributed by atoms with Crippen LogP contribution in [-0.2, 0) is 4.79 Å². The summed E-state index contributed by atoms with van der Waals surface area (Å²) in [5.41, 5.74) is 6.20. The molecule has 17 heavy (non-hydrogen) atoms. The molecule has 0 spiro atoms. The van der Waals surface area contributed by atoms with E-state index in [0.29, 0.717) is 17.3 Å². The number of rotatable bonds is 4. The van der Waals surface area contributed by atoms with Crippen LogP contribution in [0, 0.1) is 11.8 Å². The van der Waals surface area contributed by atoms with Gasteiger partial charge in [-0.15, -0.1) is 0 Å². The predicted octanol–water partition coefficient (Wildman–Crippen LogP) is 3.27. The maximum atomic E-state index is 12.0. The fraction of sp³-hybridized carbons (Fsp3) is 0.417. The molecule has 0 heterocycles. The SMILES string of the molecule is CC(C)C(CN)C(=O)Nc1cc(Br)ccc1Cl. The Morgan fingerprint density at radius 3 is 2.71 bits per heavy atom. The standard InChI is InChI=1S/C12H16BrClN2O/c1-7(2)9(6-15)12(17)16-11-5-8(13)3-4-10(11)14/h3-5,7,9H,6,15H2,1-2H3,(H,16,17). The molecule has 0 saturated carbocycles. The normalized spacial score (nSPS) is 12.6. The molecule has 0 aliphatic rings. The lowest BCUT2D eigenvalue weighted by Crippen LogP contribution is -2.33. The highest BCUT2D eigenvalue weighted by molar-refractivity contribution is 9.10. The minimum Gasteiger partial charge on any atom is -0.330 e. The first-order valence-electron chi connectivity index (χ1n) is 5.41. The van der Waals surface area contributed by atoms with Crippen molar-refractivity contribution in [2.24, 2.45) is 17.6 Å². The summed E-state index contributed by atoms with van der Waals surface area (Å²) in [5, 5.41) is 3.32. The van der Waals surface area contributed by atoms with Crippen molar-refractivity contribution in [2.75, 3.05) is 11.9 Å². The fourth-order valence-electron chi connectivity index (χ4n) is 1.50. The third-order valence-electron chi connectivity index (χ3n) is 2.58. The van der Waals surface area contributed by atoms with Crippen molar-refractivity contribution >= 4 is 39.1 Å². The molecule has 3 N–H and O–H groups in total. The van der Waals surface area contributed by atoms with E-state index < -0.39 is 0 Å². The van der Waals surface area contributed by atoms with Gasteiger partial charge in [-0.2, -0.15) is 0 Å². The van der Waals surface area contributed by atoms with Crippen LogP contribution in [0.1, 0.15) is 13.8 Å². The molecule has 1 unspecified atom stereocenters. The largest absolute Gasteiger partial charge is 0.330 e. The van der Waals surface area contributed by atoms with Crippen LogP contribution in [0.2, 0.25) is 5.02 Å². The lowest BCUT2D eigenvalue weighted by molar-refractivity contribution is -0.120. The molecule has 0 aliphatic heterocycles. The van der Waals surface area contributed by atoms with Gasteiger partial charge in [0.25, 0.3) is 0 Å². The molecule has 94 valence electrons. The average molecular weight is 320 g/mol. The van der Waals surface area contributed by atoms with E-state index in [1.165, 1.54) is 0 Å². The monoisotopic (exact) mass is 318 g/mol. The molecule has 1 amide bonds.